The van der Waals surface area contributed by atoms with Crippen LogP contribution in [-0.4, -0.2) is 24.3 Å². The average molecular weight is 255 g/mol. The summed E-state index contributed by atoms with van der Waals surface area (Å²) < 4.78 is 0. The molecule has 1 heterocycles. The molecule has 17 heavy (non-hydrogen) atoms. The average Bonchev–Trinajstić information content (AvgIpc) is 2.70. The molecule has 1 saturated heterocycles. The first kappa shape index (κ1) is 12.7. The molecule has 0 aliphatic carbocycles. The molecule has 1 aromatic rings. The van der Waals surface area contributed by atoms with Crippen LogP contribution in [0.2, 0.25) is 5.02 Å². The number of halogens is 1. The lowest BCUT2D eigenvalue weighted by atomic mass is 10.0. The van der Waals surface area contributed by atoms with Gasteiger partial charge in [0, 0.05) is 13.1 Å². The van der Waals surface area contributed by atoms with Crippen LogP contribution in [0.5, 0.6) is 0 Å². The van der Waals surface area contributed by atoms with Gasteiger partial charge in [0.1, 0.15) is 0 Å². The lowest BCUT2D eigenvalue weighted by Gasteiger charge is -2.28. The predicted molar refractivity (Wildman–Crippen MR) is 71.3 cm³/mol. The number of hydrogen-bond acceptors (Lipinski definition) is 3. The second-order valence-corrected chi connectivity index (χ2v) is 5.11. The van der Waals surface area contributed by atoms with Crippen molar-refractivity contribution in [2.75, 3.05) is 18.1 Å². The third-order valence-electron chi connectivity index (χ3n) is 3.63. The summed E-state index contributed by atoms with van der Waals surface area (Å²) in [5.74, 6) is 0.505. The van der Waals surface area contributed by atoms with Crippen LogP contribution >= 0.6 is 11.6 Å². The zero-order valence-corrected chi connectivity index (χ0v) is 10.8. The van der Waals surface area contributed by atoms with Crippen molar-refractivity contribution in [3.63, 3.8) is 0 Å². The van der Waals surface area contributed by atoms with Crippen LogP contribution in [0.3, 0.4) is 0 Å². The number of aliphatic hydroxyl groups is 1. The quantitative estimate of drug-likeness (QED) is 0.868. The summed E-state index contributed by atoms with van der Waals surface area (Å²) >= 11 is 6.28. The highest BCUT2D eigenvalue weighted by molar-refractivity contribution is 6.33. The van der Waals surface area contributed by atoms with Gasteiger partial charge in [0.05, 0.1) is 23.4 Å². The summed E-state index contributed by atoms with van der Waals surface area (Å²) in [6.45, 7) is 3.80. The van der Waals surface area contributed by atoms with Crippen molar-refractivity contribution >= 4 is 17.3 Å². The number of benzene rings is 1. The van der Waals surface area contributed by atoms with Gasteiger partial charge in [0.15, 0.2) is 0 Å². The molecule has 2 atom stereocenters. The zero-order valence-electron chi connectivity index (χ0n) is 10.1. The maximum atomic E-state index is 9.46. The van der Waals surface area contributed by atoms with Crippen molar-refractivity contribution in [3.8, 4) is 0 Å². The second kappa shape index (κ2) is 5.25. The fourth-order valence-electron chi connectivity index (χ4n) is 2.50. The Kier molecular flexibility index (Phi) is 3.92. The number of nitrogens with zero attached hydrogens (tertiary/aromatic N) is 1. The van der Waals surface area contributed by atoms with E-state index in [1.165, 1.54) is 0 Å². The molecule has 3 nitrogen and oxygen atoms in total. The molecule has 2 unspecified atom stereocenters. The topological polar surface area (TPSA) is 49.5 Å². The fourth-order valence-corrected chi connectivity index (χ4v) is 2.81. The SMILES string of the molecule is CC1CCN(c2ccc(CN)cc2Cl)C1CO. The van der Waals surface area contributed by atoms with Gasteiger partial charge in [0.2, 0.25) is 0 Å². The van der Waals surface area contributed by atoms with Gasteiger partial charge < -0.3 is 15.7 Å². The van der Waals surface area contributed by atoms with Crippen molar-refractivity contribution < 1.29 is 5.11 Å². The number of nitrogens with two attached hydrogens (primary N) is 1. The summed E-state index contributed by atoms with van der Waals surface area (Å²) in [4.78, 5) is 2.20. The predicted octanol–water partition coefficient (Wildman–Crippen LogP) is 2.01. The molecule has 1 aliphatic heterocycles. The van der Waals surface area contributed by atoms with Gasteiger partial charge in [-0.05, 0) is 30.0 Å². The largest absolute Gasteiger partial charge is 0.394 e. The van der Waals surface area contributed by atoms with E-state index in [2.05, 4.69) is 11.8 Å². The first-order valence-electron chi connectivity index (χ1n) is 6.03. The van der Waals surface area contributed by atoms with Crippen LogP contribution in [-0.2, 0) is 6.54 Å². The molecule has 0 bridgehead atoms. The molecule has 94 valence electrons. The van der Waals surface area contributed by atoms with E-state index in [0.29, 0.717) is 12.5 Å². The molecule has 1 aliphatic rings. The number of aliphatic hydroxyl groups excluding tert-OH is 1. The Morgan fingerprint density at radius 1 is 1.53 bits per heavy atom. The molecule has 3 N–H and O–H groups in total. The van der Waals surface area contributed by atoms with Gasteiger partial charge >= 0.3 is 0 Å². The Morgan fingerprint density at radius 2 is 2.29 bits per heavy atom. The molecule has 0 aromatic heterocycles. The van der Waals surface area contributed by atoms with E-state index in [0.717, 1.165) is 29.2 Å². The lowest BCUT2D eigenvalue weighted by molar-refractivity contribution is 0.245. The maximum absolute atomic E-state index is 9.46. The summed E-state index contributed by atoms with van der Waals surface area (Å²) in [5.41, 5.74) is 7.63. The summed E-state index contributed by atoms with van der Waals surface area (Å²) in [6.07, 6.45) is 1.10. The Labute approximate surface area is 107 Å². The van der Waals surface area contributed by atoms with Crippen molar-refractivity contribution in [3.05, 3.63) is 28.8 Å². The maximum Gasteiger partial charge on any atom is 0.0642 e. The molecule has 0 amide bonds. The smallest absolute Gasteiger partial charge is 0.0642 e. The van der Waals surface area contributed by atoms with E-state index < -0.39 is 0 Å². The minimum Gasteiger partial charge on any atom is -0.394 e. The van der Waals surface area contributed by atoms with E-state index in [1.54, 1.807) is 0 Å². The van der Waals surface area contributed by atoms with Crippen molar-refractivity contribution in [2.45, 2.75) is 25.9 Å². The number of anilines is 1. The van der Waals surface area contributed by atoms with Crippen molar-refractivity contribution in [1.82, 2.24) is 0 Å². The van der Waals surface area contributed by atoms with Crippen molar-refractivity contribution in [1.29, 1.82) is 0 Å². The number of rotatable bonds is 3. The van der Waals surface area contributed by atoms with Crippen molar-refractivity contribution in [2.24, 2.45) is 11.7 Å². The molecular formula is C13H19ClN2O. The van der Waals surface area contributed by atoms with E-state index in [-0.39, 0.29) is 12.6 Å². The number of hydrogen-bond donors (Lipinski definition) is 2. The van der Waals surface area contributed by atoms with Gasteiger partial charge in [-0.15, -0.1) is 0 Å². The highest BCUT2D eigenvalue weighted by atomic mass is 35.5. The Bertz CT molecular complexity index is 397. The molecule has 2 rings (SSSR count). The van der Waals surface area contributed by atoms with E-state index in [9.17, 15) is 5.11 Å². The molecule has 1 aromatic carbocycles. The highest BCUT2D eigenvalue weighted by Crippen LogP contribution is 2.34. The third-order valence-corrected chi connectivity index (χ3v) is 3.93. The minimum absolute atomic E-state index is 0.177. The molecular weight excluding hydrogens is 236 g/mol. The van der Waals surface area contributed by atoms with Gasteiger partial charge in [-0.3, -0.25) is 0 Å². The second-order valence-electron chi connectivity index (χ2n) is 4.70. The highest BCUT2D eigenvalue weighted by Gasteiger charge is 2.31. The third kappa shape index (κ3) is 2.41. The van der Waals surface area contributed by atoms with E-state index in [4.69, 9.17) is 17.3 Å². The lowest BCUT2D eigenvalue weighted by Crippen LogP contribution is -2.35. The summed E-state index contributed by atoms with van der Waals surface area (Å²) in [7, 11) is 0. The molecule has 0 spiro atoms. The molecule has 1 fully saturated rings. The van der Waals surface area contributed by atoms with Gasteiger partial charge in [0.25, 0.3) is 0 Å². The summed E-state index contributed by atoms with van der Waals surface area (Å²) in [5, 5.41) is 10.2. The fraction of sp³-hybridized carbons (Fsp3) is 0.538. The zero-order chi connectivity index (χ0) is 12.4. The standard InChI is InChI=1S/C13H19ClN2O/c1-9-4-5-16(13(9)8-17)12-3-2-10(7-15)6-11(12)14/h2-3,6,9,13,17H,4-5,7-8,15H2,1H3. The molecule has 0 radical (unpaired) electrons. The Morgan fingerprint density at radius 3 is 2.88 bits per heavy atom. The molecule has 0 saturated carbocycles. The van der Waals surface area contributed by atoms with Crippen LogP contribution in [0.1, 0.15) is 18.9 Å². The van der Waals surface area contributed by atoms with Crippen LogP contribution in [0, 0.1) is 5.92 Å². The normalized spacial score (nSPS) is 24.4. The Balaban J connectivity index is 2.28. The first-order valence-corrected chi connectivity index (χ1v) is 6.41. The van der Waals surface area contributed by atoms with Crippen LogP contribution in [0.25, 0.3) is 0 Å². The first-order chi connectivity index (χ1) is 8.17. The van der Waals surface area contributed by atoms with Gasteiger partial charge in [-0.25, -0.2) is 0 Å². The minimum atomic E-state index is 0.177. The molecule has 4 heteroatoms. The van der Waals surface area contributed by atoms with E-state index >= 15 is 0 Å². The van der Waals surface area contributed by atoms with Crippen LogP contribution < -0.4 is 10.6 Å². The Hall–Kier alpha value is -0.770. The van der Waals surface area contributed by atoms with E-state index in [1.807, 2.05) is 18.2 Å². The van der Waals surface area contributed by atoms with Gasteiger partial charge in [-0.1, -0.05) is 24.6 Å². The van der Waals surface area contributed by atoms with Gasteiger partial charge in [-0.2, -0.15) is 0 Å². The monoisotopic (exact) mass is 254 g/mol. The van der Waals surface area contributed by atoms with Crippen LogP contribution in [0.4, 0.5) is 5.69 Å². The van der Waals surface area contributed by atoms with Crippen LogP contribution in [0.15, 0.2) is 18.2 Å². The summed E-state index contributed by atoms with van der Waals surface area (Å²) in [6, 6.07) is 6.09.